The third-order valence-electron chi connectivity index (χ3n) is 4.11. The Morgan fingerprint density at radius 1 is 1.36 bits per heavy atom. The van der Waals surface area contributed by atoms with Crippen LogP contribution < -0.4 is 15.7 Å². The van der Waals surface area contributed by atoms with Crippen LogP contribution in [0.5, 0.6) is 5.75 Å². The smallest absolute Gasteiger partial charge is 0.281 e. The van der Waals surface area contributed by atoms with E-state index >= 15 is 0 Å². The van der Waals surface area contributed by atoms with E-state index in [4.69, 9.17) is 4.74 Å². The van der Waals surface area contributed by atoms with Crippen LogP contribution in [0, 0.1) is 13.8 Å². The second kappa shape index (κ2) is 7.06. The highest BCUT2D eigenvalue weighted by atomic mass is 32.1. The number of amides is 1. The molecule has 0 unspecified atom stereocenters. The number of fused-ring (bicyclic) bond motifs is 1. The highest BCUT2D eigenvalue weighted by Crippen LogP contribution is 2.25. The predicted octanol–water partition coefficient (Wildman–Crippen LogP) is 2.79. The molecule has 1 aromatic carbocycles. The summed E-state index contributed by atoms with van der Waals surface area (Å²) in [6.07, 6.45) is 2.19. The Morgan fingerprint density at radius 3 is 2.92 bits per heavy atom. The quantitative estimate of drug-likeness (QED) is 0.762. The van der Waals surface area contributed by atoms with E-state index in [1.165, 1.54) is 17.7 Å². The lowest BCUT2D eigenvalue weighted by Gasteiger charge is -2.08. The molecule has 2 aromatic heterocycles. The number of rotatable bonds is 5. The predicted molar refractivity (Wildman–Crippen MR) is 99.0 cm³/mol. The number of aryl methyl sites for hydroxylation is 3. The summed E-state index contributed by atoms with van der Waals surface area (Å²) in [5, 5.41) is 0.568. The minimum absolute atomic E-state index is 0.240. The fraction of sp³-hybridized carbons (Fsp3) is 0.278. The number of benzene rings is 1. The van der Waals surface area contributed by atoms with E-state index in [9.17, 15) is 9.59 Å². The summed E-state index contributed by atoms with van der Waals surface area (Å²) in [6.45, 7) is 3.85. The fourth-order valence-corrected chi connectivity index (χ4v) is 3.58. The molecule has 1 N–H and O–H groups in total. The van der Waals surface area contributed by atoms with Gasteiger partial charge in [-0.3, -0.25) is 15.0 Å². The summed E-state index contributed by atoms with van der Waals surface area (Å²) in [5.74, 6) is 0.516. The van der Waals surface area contributed by atoms with E-state index in [1.54, 1.807) is 7.11 Å². The summed E-state index contributed by atoms with van der Waals surface area (Å²) < 4.78 is 6.34. The summed E-state index contributed by atoms with van der Waals surface area (Å²) in [4.78, 5) is 30.8. The number of nitrogens with zero attached hydrogens (tertiary/aromatic N) is 2. The molecule has 130 valence electrons. The molecule has 3 rings (SSSR count). The van der Waals surface area contributed by atoms with Crippen molar-refractivity contribution in [2.75, 3.05) is 12.5 Å². The molecule has 0 aliphatic heterocycles. The molecule has 0 saturated carbocycles. The molecule has 0 aliphatic carbocycles. The van der Waals surface area contributed by atoms with Crippen molar-refractivity contribution < 1.29 is 9.53 Å². The van der Waals surface area contributed by atoms with Gasteiger partial charge in [0.25, 0.3) is 5.56 Å². The van der Waals surface area contributed by atoms with Gasteiger partial charge in [-0.25, -0.2) is 9.66 Å². The first-order chi connectivity index (χ1) is 12.0. The minimum atomic E-state index is -0.249. The lowest BCUT2D eigenvalue weighted by Crippen LogP contribution is -2.33. The van der Waals surface area contributed by atoms with Gasteiger partial charge in [0.1, 0.15) is 16.9 Å². The fourth-order valence-electron chi connectivity index (χ4n) is 2.59. The van der Waals surface area contributed by atoms with Crippen LogP contribution in [0.15, 0.2) is 35.4 Å². The summed E-state index contributed by atoms with van der Waals surface area (Å²) >= 11 is 1.48. The zero-order chi connectivity index (χ0) is 18.0. The highest BCUT2D eigenvalue weighted by molar-refractivity contribution is 7.18. The number of aromatic nitrogens is 2. The monoisotopic (exact) mass is 357 g/mol. The molecule has 0 aliphatic rings. The van der Waals surface area contributed by atoms with Gasteiger partial charge < -0.3 is 4.74 Å². The largest absolute Gasteiger partial charge is 0.497 e. The van der Waals surface area contributed by atoms with E-state index in [1.807, 2.05) is 38.1 Å². The average Bonchev–Trinajstić information content (AvgIpc) is 2.91. The van der Waals surface area contributed by atoms with Gasteiger partial charge in [0, 0.05) is 11.3 Å². The third-order valence-corrected chi connectivity index (χ3v) is 5.23. The normalized spacial score (nSPS) is 10.8. The van der Waals surface area contributed by atoms with E-state index in [2.05, 4.69) is 10.4 Å². The molecule has 0 atom stereocenters. The second-order valence-corrected chi connectivity index (χ2v) is 6.97. The third kappa shape index (κ3) is 3.56. The van der Waals surface area contributed by atoms with Gasteiger partial charge >= 0.3 is 0 Å². The molecule has 0 radical (unpaired) electrons. The molecule has 3 aromatic rings. The molecular weight excluding hydrogens is 338 g/mol. The Bertz CT molecular complexity index is 991. The van der Waals surface area contributed by atoms with Crippen molar-refractivity contribution in [3.63, 3.8) is 0 Å². The van der Waals surface area contributed by atoms with Gasteiger partial charge in [-0.05, 0) is 43.5 Å². The first kappa shape index (κ1) is 17.2. The zero-order valence-electron chi connectivity index (χ0n) is 14.3. The van der Waals surface area contributed by atoms with Gasteiger partial charge in [0.2, 0.25) is 5.91 Å². The first-order valence-corrected chi connectivity index (χ1v) is 8.71. The van der Waals surface area contributed by atoms with Crippen LogP contribution >= 0.6 is 11.3 Å². The molecular formula is C18H19N3O3S. The van der Waals surface area contributed by atoms with Gasteiger partial charge in [0.15, 0.2) is 0 Å². The molecule has 25 heavy (non-hydrogen) atoms. The number of hydrogen-bond donors (Lipinski definition) is 1. The van der Waals surface area contributed by atoms with Gasteiger partial charge in [-0.2, -0.15) is 0 Å². The lowest BCUT2D eigenvalue weighted by molar-refractivity contribution is -0.117. The van der Waals surface area contributed by atoms with Crippen molar-refractivity contribution in [2.45, 2.75) is 26.7 Å². The Hall–Kier alpha value is -2.67. The molecule has 2 heterocycles. The average molecular weight is 357 g/mol. The van der Waals surface area contributed by atoms with Gasteiger partial charge in [-0.1, -0.05) is 12.1 Å². The number of thiophene rings is 1. The number of nitrogens with one attached hydrogen (secondary N) is 1. The minimum Gasteiger partial charge on any atom is -0.497 e. The summed E-state index contributed by atoms with van der Waals surface area (Å²) in [5.41, 5.74) is 4.28. The molecule has 0 bridgehead atoms. The Balaban J connectivity index is 1.72. The number of carbonyl (C=O) groups is 1. The number of hydrogen-bond acceptors (Lipinski definition) is 5. The van der Waals surface area contributed by atoms with Crippen LogP contribution in [-0.2, 0) is 11.2 Å². The zero-order valence-corrected chi connectivity index (χ0v) is 15.1. The van der Waals surface area contributed by atoms with Crippen LogP contribution in [0.1, 0.15) is 22.4 Å². The summed E-state index contributed by atoms with van der Waals surface area (Å²) in [6, 6.07) is 7.57. The molecule has 0 spiro atoms. The summed E-state index contributed by atoms with van der Waals surface area (Å²) in [7, 11) is 1.61. The Kier molecular flexibility index (Phi) is 4.85. The second-order valence-electron chi connectivity index (χ2n) is 5.77. The maximum absolute atomic E-state index is 12.6. The molecule has 1 amide bonds. The van der Waals surface area contributed by atoms with Crippen LogP contribution in [0.2, 0.25) is 0 Å². The van der Waals surface area contributed by atoms with Crippen LogP contribution in [0.3, 0.4) is 0 Å². The first-order valence-electron chi connectivity index (χ1n) is 7.89. The van der Waals surface area contributed by atoms with Crippen molar-refractivity contribution in [1.29, 1.82) is 0 Å². The SMILES string of the molecule is COc1cccc(CCC(=O)Nn2cnc3sc(C)c(C)c3c2=O)c1. The standard InChI is InChI=1S/C18H19N3O3S/c1-11-12(2)25-17-16(11)18(23)21(10-19-17)20-15(22)8-7-13-5-4-6-14(9-13)24-3/h4-6,9-10H,7-8H2,1-3H3,(H,20,22). The van der Waals surface area contributed by atoms with Crippen molar-refractivity contribution in [1.82, 2.24) is 9.66 Å². The number of ether oxygens (including phenoxy) is 1. The topological polar surface area (TPSA) is 73.2 Å². The van der Waals surface area contributed by atoms with E-state index < -0.39 is 0 Å². The Morgan fingerprint density at radius 2 is 2.16 bits per heavy atom. The van der Waals surface area contributed by atoms with Crippen molar-refractivity contribution in [2.24, 2.45) is 0 Å². The number of methoxy groups -OCH3 is 1. The lowest BCUT2D eigenvalue weighted by atomic mass is 10.1. The van der Waals surface area contributed by atoms with Gasteiger partial charge in [0.05, 0.1) is 12.5 Å². The van der Waals surface area contributed by atoms with E-state index in [-0.39, 0.29) is 17.9 Å². The van der Waals surface area contributed by atoms with Crippen molar-refractivity contribution in [3.8, 4) is 5.75 Å². The Labute approximate surface area is 149 Å². The maximum atomic E-state index is 12.6. The van der Waals surface area contributed by atoms with Crippen molar-refractivity contribution >= 4 is 27.5 Å². The molecule has 0 saturated heterocycles. The van der Waals surface area contributed by atoms with E-state index in [0.29, 0.717) is 16.6 Å². The van der Waals surface area contributed by atoms with E-state index in [0.717, 1.165) is 26.4 Å². The molecule has 7 heteroatoms. The number of carbonyl (C=O) groups excluding carboxylic acids is 1. The van der Waals surface area contributed by atoms with Crippen LogP contribution in [0.4, 0.5) is 0 Å². The van der Waals surface area contributed by atoms with Gasteiger partial charge in [-0.15, -0.1) is 11.3 Å². The molecule has 6 nitrogen and oxygen atoms in total. The van der Waals surface area contributed by atoms with Crippen LogP contribution in [0.25, 0.3) is 10.2 Å². The molecule has 0 fully saturated rings. The van der Waals surface area contributed by atoms with Crippen LogP contribution in [-0.4, -0.2) is 22.7 Å². The maximum Gasteiger partial charge on any atom is 0.281 e. The van der Waals surface area contributed by atoms with Crippen molar-refractivity contribution in [3.05, 3.63) is 57.0 Å². The highest BCUT2D eigenvalue weighted by Gasteiger charge is 2.13.